The van der Waals surface area contributed by atoms with Gasteiger partial charge in [0.05, 0.1) is 11.6 Å². The second-order valence-electron chi connectivity index (χ2n) is 5.78. The molecule has 1 atom stereocenters. The maximum Gasteiger partial charge on any atom is 0.253 e. The van der Waals surface area contributed by atoms with Crippen molar-refractivity contribution in [2.45, 2.75) is 25.3 Å². The molecular formula is C18H16N4O. The number of benzene rings is 1. The second kappa shape index (κ2) is 5.76. The first-order valence-corrected chi connectivity index (χ1v) is 7.76. The molecule has 0 fully saturated rings. The van der Waals surface area contributed by atoms with Gasteiger partial charge in [-0.3, -0.25) is 4.79 Å². The fraction of sp³-hybridized carbons (Fsp3) is 0.222. The van der Waals surface area contributed by atoms with Gasteiger partial charge in [0.25, 0.3) is 5.91 Å². The van der Waals surface area contributed by atoms with Crippen LogP contribution in [0.3, 0.4) is 0 Å². The van der Waals surface area contributed by atoms with Gasteiger partial charge in [-0.25, -0.2) is 15.0 Å². The van der Waals surface area contributed by atoms with Gasteiger partial charge in [0.15, 0.2) is 5.65 Å². The third-order valence-corrected chi connectivity index (χ3v) is 4.29. The molecule has 2 heterocycles. The van der Waals surface area contributed by atoms with E-state index in [1.165, 1.54) is 17.5 Å². The van der Waals surface area contributed by atoms with E-state index in [1.807, 2.05) is 6.07 Å². The van der Waals surface area contributed by atoms with Crippen molar-refractivity contribution in [1.29, 1.82) is 0 Å². The number of pyridine rings is 1. The SMILES string of the molecule is O=C(NC1CCCc2ccccc21)c1cnc2ncncc2c1. The number of nitrogens with one attached hydrogen (secondary N) is 1. The van der Waals surface area contributed by atoms with Crippen LogP contribution >= 0.6 is 0 Å². The van der Waals surface area contributed by atoms with Crippen molar-refractivity contribution in [3.8, 4) is 0 Å². The van der Waals surface area contributed by atoms with Crippen LogP contribution in [0.1, 0.15) is 40.4 Å². The van der Waals surface area contributed by atoms with Crippen LogP contribution in [0.4, 0.5) is 0 Å². The van der Waals surface area contributed by atoms with Crippen LogP contribution in [0.25, 0.3) is 11.0 Å². The van der Waals surface area contributed by atoms with Crippen LogP contribution in [0, 0.1) is 0 Å². The summed E-state index contributed by atoms with van der Waals surface area (Å²) < 4.78 is 0. The Hall–Kier alpha value is -2.82. The molecule has 114 valence electrons. The molecule has 0 aliphatic heterocycles. The molecule has 5 heteroatoms. The van der Waals surface area contributed by atoms with Gasteiger partial charge in [-0.05, 0) is 36.5 Å². The van der Waals surface area contributed by atoms with Gasteiger partial charge in [0.1, 0.15) is 6.33 Å². The standard InChI is InChI=1S/C18H16N4O/c23-18(14-8-13-9-19-11-21-17(13)20-10-14)22-16-7-3-5-12-4-1-2-6-15(12)16/h1-2,4,6,8-11,16H,3,5,7H2,(H,22,23). The van der Waals surface area contributed by atoms with Crippen molar-refractivity contribution in [3.05, 3.63) is 65.7 Å². The highest BCUT2D eigenvalue weighted by Gasteiger charge is 2.22. The van der Waals surface area contributed by atoms with Gasteiger partial charge in [-0.1, -0.05) is 24.3 Å². The number of amides is 1. The first-order chi connectivity index (χ1) is 11.3. The summed E-state index contributed by atoms with van der Waals surface area (Å²) in [5.74, 6) is -0.107. The van der Waals surface area contributed by atoms with E-state index in [0.717, 1.165) is 24.6 Å². The Morgan fingerprint density at radius 3 is 3.04 bits per heavy atom. The average Bonchev–Trinajstić information content (AvgIpc) is 2.61. The zero-order valence-corrected chi connectivity index (χ0v) is 12.6. The Bertz CT molecular complexity index is 878. The monoisotopic (exact) mass is 304 g/mol. The number of carbonyl (C=O) groups excluding carboxylic acids is 1. The van der Waals surface area contributed by atoms with Gasteiger partial charge in [0, 0.05) is 17.8 Å². The van der Waals surface area contributed by atoms with Gasteiger partial charge in [-0.2, -0.15) is 0 Å². The van der Waals surface area contributed by atoms with Crippen molar-refractivity contribution in [1.82, 2.24) is 20.3 Å². The van der Waals surface area contributed by atoms with Crippen LogP contribution in [0.15, 0.2) is 49.1 Å². The Labute approximate surface area is 133 Å². The highest BCUT2D eigenvalue weighted by molar-refractivity contribution is 5.96. The summed E-state index contributed by atoms with van der Waals surface area (Å²) in [5.41, 5.74) is 3.69. The summed E-state index contributed by atoms with van der Waals surface area (Å²) in [6, 6.07) is 10.2. The quantitative estimate of drug-likeness (QED) is 0.790. The predicted molar refractivity (Wildman–Crippen MR) is 86.9 cm³/mol. The van der Waals surface area contributed by atoms with E-state index in [1.54, 1.807) is 18.5 Å². The van der Waals surface area contributed by atoms with E-state index < -0.39 is 0 Å². The molecule has 1 N–H and O–H groups in total. The molecule has 23 heavy (non-hydrogen) atoms. The molecule has 1 aromatic carbocycles. The van der Waals surface area contributed by atoms with Crippen LogP contribution < -0.4 is 5.32 Å². The highest BCUT2D eigenvalue weighted by atomic mass is 16.1. The van der Waals surface area contributed by atoms with Gasteiger partial charge in [-0.15, -0.1) is 0 Å². The van der Waals surface area contributed by atoms with E-state index >= 15 is 0 Å². The van der Waals surface area contributed by atoms with Crippen molar-refractivity contribution in [2.24, 2.45) is 0 Å². The minimum absolute atomic E-state index is 0.0650. The summed E-state index contributed by atoms with van der Waals surface area (Å²) >= 11 is 0. The summed E-state index contributed by atoms with van der Waals surface area (Å²) in [5, 5.41) is 3.90. The molecule has 0 bridgehead atoms. The lowest BCUT2D eigenvalue weighted by Gasteiger charge is -2.26. The molecular weight excluding hydrogens is 288 g/mol. The van der Waals surface area contributed by atoms with Gasteiger partial charge < -0.3 is 5.32 Å². The van der Waals surface area contributed by atoms with Crippen LogP contribution in [0.2, 0.25) is 0 Å². The molecule has 0 saturated heterocycles. The van der Waals surface area contributed by atoms with Crippen molar-refractivity contribution in [3.63, 3.8) is 0 Å². The number of aryl methyl sites for hydroxylation is 1. The lowest BCUT2D eigenvalue weighted by atomic mass is 9.87. The Kier molecular flexibility index (Phi) is 3.46. The molecule has 0 saturated carbocycles. The highest BCUT2D eigenvalue weighted by Crippen LogP contribution is 2.29. The van der Waals surface area contributed by atoms with Crippen LogP contribution in [0.5, 0.6) is 0 Å². The fourth-order valence-electron chi connectivity index (χ4n) is 3.15. The number of rotatable bonds is 2. The Morgan fingerprint density at radius 1 is 1.17 bits per heavy atom. The first kappa shape index (κ1) is 13.8. The topological polar surface area (TPSA) is 67.8 Å². The van der Waals surface area contributed by atoms with E-state index in [9.17, 15) is 4.79 Å². The molecule has 0 radical (unpaired) electrons. The molecule has 5 nitrogen and oxygen atoms in total. The lowest BCUT2D eigenvalue weighted by molar-refractivity contribution is 0.0932. The van der Waals surface area contributed by atoms with Gasteiger partial charge >= 0.3 is 0 Å². The lowest BCUT2D eigenvalue weighted by Crippen LogP contribution is -2.31. The van der Waals surface area contributed by atoms with E-state index in [0.29, 0.717) is 11.2 Å². The zero-order valence-electron chi connectivity index (χ0n) is 12.6. The summed E-state index contributed by atoms with van der Waals surface area (Å²) in [7, 11) is 0. The number of hydrogen-bond acceptors (Lipinski definition) is 4. The van der Waals surface area contributed by atoms with Crippen LogP contribution in [-0.2, 0) is 6.42 Å². The van der Waals surface area contributed by atoms with Gasteiger partial charge in [0.2, 0.25) is 0 Å². The first-order valence-electron chi connectivity index (χ1n) is 7.76. The maximum absolute atomic E-state index is 12.6. The normalized spacial score (nSPS) is 16.8. The van der Waals surface area contributed by atoms with Crippen molar-refractivity contribution >= 4 is 16.9 Å². The third kappa shape index (κ3) is 2.65. The number of hydrogen-bond donors (Lipinski definition) is 1. The number of carbonyl (C=O) groups is 1. The van der Waals surface area contributed by atoms with E-state index in [4.69, 9.17) is 0 Å². The fourth-order valence-corrected chi connectivity index (χ4v) is 3.15. The number of aromatic nitrogens is 3. The zero-order chi connectivity index (χ0) is 15.6. The van der Waals surface area contributed by atoms with Crippen molar-refractivity contribution < 1.29 is 4.79 Å². The molecule has 1 aliphatic rings. The van der Waals surface area contributed by atoms with E-state index in [2.05, 4.69) is 38.5 Å². The summed E-state index contributed by atoms with van der Waals surface area (Å²) in [6.07, 6.45) is 7.82. The second-order valence-corrected chi connectivity index (χ2v) is 5.78. The predicted octanol–water partition coefficient (Wildman–Crippen LogP) is 2.83. The largest absolute Gasteiger partial charge is 0.345 e. The molecule has 0 spiro atoms. The Balaban J connectivity index is 1.60. The minimum Gasteiger partial charge on any atom is -0.345 e. The minimum atomic E-state index is -0.107. The maximum atomic E-state index is 12.6. The van der Waals surface area contributed by atoms with E-state index in [-0.39, 0.29) is 11.9 Å². The summed E-state index contributed by atoms with van der Waals surface area (Å²) in [6.45, 7) is 0. The number of nitrogens with zero attached hydrogens (tertiary/aromatic N) is 3. The smallest absolute Gasteiger partial charge is 0.253 e. The number of fused-ring (bicyclic) bond motifs is 2. The molecule has 1 aliphatic carbocycles. The van der Waals surface area contributed by atoms with Crippen molar-refractivity contribution in [2.75, 3.05) is 0 Å². The molecule has 1 amide bonds. The molecule has 3 aromatic rings. The Morgan fingerprint density at radius 2 is 2.09 bits per heavy atom. The van der Waals surface area contributed by atoms with Crippen LogP contribution in [-0.4, -0.2) is 20.9 Å². The molecule has 4 rings (SSSR count). The molecule has 2 aromatic heterocycles. The molecule has 1 unspecified atom stereocenters. The average molecular weight is 304 g/mol. The summed E-state index contributed by atoms with van der Waals surface area (Å²) in [4.78, 5) is 24.9. The third-order valence-electron chi connectivity index (χ3n) is 4.29.